The second-order valence-electron chi connectivity index (χ2n) is 4.34. The summed E-state index contributed by atoms with van der Waals surface area (Å²) in [5, 5.41) is 0. The predicted molar refractivity (Wildman–Crippen MR) is 73.5 cm³/mol. The number of nitrogens with zero attached hydrogens (tertiary/aromatic N) is 3. The summed E-state index contributed by atoms with van der Waals surface area (Å²) in [6, 6.07) is 7.65. The fraction of sp³-hybridized carbons (Fsp3) is 0.143. The van der Waals surface area contributed by atoms with Crippen LogP contribution < -0.4 is 10.3 Å². The Morgan fingerprint density at radius 3 is 2.70 bits per heavy atom. The average molecular weight is 268 g/mol. The molecule has 1 N–H and O–H groups in total. The summed E-state index contributed by atoms with van der Waals surface area (Å²) in [6.07, 6.45) is 2.98. The van der Waals surface area contributed by atoms with Gasteiger partial charge in [0.25, 0.3) is 0 Å². The second kappa shape index (κ2) is 5.08. The van der Waals surface area contributed by atoms with Crippen molar-refractivity contribution >= 4 is 11.2 Å². The third-order valence-electron chi connectivity index (χ3n) is 2.80. The largest absolute Gasteiger partial charge is 0.486 e. The zero-order valence-corrected chi connectivity index (χ0v) is 10.8. The van der Waals surface area contributed by atoms with Crippen molar-refractivity contribution < 1.29 is 4.74 Å². The van der Waals surface area contributed by atoms with Crippen LogP contribution in [0.2, 0.25) is 0 Å². The van der Waals surface area contributed by atoms with E-state index in [1.165, 1.54) is 12.4 Å². The molecule has 100 valence electrons. The van der Waals surface area contributed by atoms with Gasteiger partial charge in [-0.15, -0.1) is 0 Å². The Bertz CT molecular complexity index is 796. The van der Waals surface area contributed by atoms with Gasteiger partial charge >= 0.3 is 5.56 Å². The van der Waals surface area contributed by atoms with Gasteiger partial charge in [-0.05, 0) is 19.1 Å². The van der Waals surface area contributed by atoms with Gasteiger partial charge in [0.1, 0.15) is 18.2 Å². The number of aromatic nitrogens is 4. The van der Waals surface area contributed by atoms with E-state index in [2.05, 4.69) is 19.9 Å². The molecule has 2 aromatic heterocycles. The molecular formula is C14H12N4O2. The van der Waals surface area contributed by atoms with E-state index in [0.29, 0.717) is 11.5 Å². The standard InChI is InChI=1S/C14H12N4O2/c1-9-2-4-10(5-3-9)20-8-11-17-13-12(14(19)18-11)15-6-7-16-13/h2-7H,8H2,1H3,(H,16,17,18,19). The van der Waals surface area contributed by atoms with Crippen LogP contribution in [0.1, 0.15) is 11.4 Å². The van der Waals surface area contributed by atoms with Gasteiger partial charge in [-0.1, -0.05) is 17.7 Å². The molecule has 0 aliphatic heterocycles. The van der Waals surface area contributed by atoms with Crippen LogP contribution in [0.15, 0.2) is 41.5 Å². The minimum Gasteiger partial charge on any atom is -0.486 e. The molecule has 3 aromatic rings. The third kappa shape index (κ3) is 2.49. The van der Waals surface area contributed by atoms with Crippen LogP contribution in [0.5, 0.6) is 5.75 Å². The second-order valence-corrected chi connectivity index (χ2v) is 4.34. The molecule has 3 rings (SSSR count). The summed E-state index contributed by atoms with van der Waals surface area (Å²) in [4.78, 5) is 26.6. The Kier molecular flexibility index (Phi) is 3.12. The first kappa shape index (κ1) is 12.3. The van der Waals surface area contributed by atoms with Crippen LogP contribution >= 0.6 is 0 Å². The van der Waals surface area contributed by atoms with Crippen LogP contribution in [0, 0.1) is 6.92 Å². The summed E-state index contributed by atoms with van der Waals surface area (Å²) in [5.41, 5.74) is 1.39. The lowest BCUT2D eigenvalue weighted by Gasteiger charge is -2.06. The molecule has 0 saturated heterocycles. The van der Waals surface area contributed by atoms with E-state index in [1.54, 1.807) is 0 Å². The molecular weight excluding hydrogens is 256 g/mol. The highest BCUT2D eigenvalue weighted by molar-refractivity contribution is 5.67. The highest BCUT2D eigenvalue weighted by atomic mass is 16.5. The van der Waals surface area contributed by atoms with E-state index in [0.717, 1.165) is 11.3 Å². The normalized spacial score (nSPS) is 10.7. The van der Waals surface area contributed by atoms with E-state index in [-0.39, 0.29) is 12.1 Å². The SMILES string of the molecule is Cc1ccc(OCc2nc(=O)c3nccnc3[nH]2)cc1. The molecule has 0 atom stereocenters. The lowest BCUT2D eigenvalue weighted by atomic mass is 10.2. The number of ether oxygens (including phenoxy) is 1. The monoisotopic (exact) mass is 268 g/mol. The maximum Gasteiger partial charge on any atom is 0.301 e. The van der Waals surface area contributed by atoms with Gasteiger partial charge in [-0.25, -0.2) is 9.97 Å². The van der Waals surface area contributed by atoms with Crippen molar-refractivity contribution in [1.29, 1.82) is 0 Å². The van der Waals surface area contributed by atoms with Crippen molar-refractivity contribution in [1.82, 2.24) is 19.9 Å². The molecule has 20 heavy (non-hydrogen) atoms. The number of aromatic amines is 1. The molecule has 6 heteroatoms. The molecule has 0 bridgehead atoms. The van der Waals surface area contributed by atoms with Crippen LogP contribution in [-0.2, 0) is 6.61 Å². The minimum absolute atomic E-state index is 0.171. The fourth-order valence-corrected chi connectivity index (χ4v) is 1.78. The highest BCUT2D eigenvalue weighted by Crippen LogP contribution is 2.12. The van der Waals surface area contributed by atoms with Gasteiger partial charge in [0.05, 0.1) is 0 Å². The van der Waals surface area contributed by atoms with Gasteiger partial charge in [0, 0.05) is 12.4 Å². The number of benzene rings is 1. The number of aryl methyl sites for hydroxylation is 1. The lowest BCUT2D eigenvalue weighted by Crippen LogP contribution is -2.15. The van der Waals surface area contributed by atoms with Crippen molar-refractivity contribution in [3.05, 3.63) is 58.4 Å². The molecule has 0 amide bonds. The molecule has 0 saturated carbocycles. The summed E-state index contributed by atoms with van der Waals surface area (Å²) in [5.74, 6) is 1.14. The Hall–Kier alpha value is -2.76. The lowest BCUT2D eigenvalue weighted by molar-refractivity contribution is 0.296. The fourth-order valence-electron chi connectivity index (χ4n) is 1.78. The van der Waals surface area contributed by atoms with Crippen molar-refractivity contribution in [3.8, 4) is 5.75 Å². The van der Waals surface area contributed by atoms with Crippen LogP contribution in [-0.4, -0.2) is 19.9 Å². The first-order valence-electron chi connectivity index (χ1n) is 6.12. The molecule has 1 aromatic carbocycles. The van der Waals surface area contributed by atoms with E-state index >= 15 is 0 Å². The minimum atomic E-state index is -0.408. The summed E-state index contributed by atoms with van der Waals surface area (Å²) in [6.45, 7) is 2.18. The average Bonchev–Trinajstić information content (AvgIpc) is 2.47. The van der Waals surface area contributed by atoms with E-state index in [4.69, 9.17) is 4.74 Å². The van der Waals surface area contributed by atoms with Crippen molar-refractivity contribution in [2.24, 2.45) is 0 Å². The van der Waals surface area contributed by atoms with Gasteiger partial charge < -0.3 is 9.72 Å². The zero-order chi connectivity index (χ0) is 13.9. The molecule has 0 fully saturated rings. The highest BCUT2D eigenvalue weighted by Gasteiger charge is 2.06. The zero-order valence-electron chi connectivity index (χ0n) is 10.8. The molecule has 0 spiro atoms. The number of H-pyrrole nitrogens is 1. The first-order chi connectivity index (χ1) is 9.72. The number of fused-ring (bicyclic) bond motifs is 1. The van der Waals surface area contributed by atoms with Crippen LogP contribution in [0.4, 0.5) is 0 Å². The smallest absolute Gasteiger partial charge is 0.301 e. The van der Waals surface area contributed by atoms with Gasteiger partial charge in [-0.3, -0.25) is 4.79 Å². The van der Waals surface area contributed by atoms with Crippen molar-refractivity contribution in [2.45, 2.75) is 13.5 Å². The quantitative estimate of drug-likeness (QED) is 0.780. The Morgan fingerprint density at radius 2 is 1.90 bits per heavy atom. The first-order valence-corrected chi connectivity index (χ1v) is 6.12. The van der Waals surface area contributed by atoms with Gasteiger partial charge in [0.15, 0.2) is 11.2 Å². The molecule has 6 nitrogen and oxygen atoms in total. The Balaban J connectivity index is 1.84. The summed E-state index contributed by atoms with van der Waals surface area (Å²) >= 11 is 0. The molecule has 0 aliphatic rings. The summed E-state index contributed by atoms with van der Waals surface area (Å²) in [7, 11) is 0. The number of rotatable bonds is 3. The van der Waals surface area contributed by atoms with E-state index in [1.807, 2.05) is 31.2 Å². The van der Waals surface area contributed by atoms with E-state index < -0.39 is 5.56 Å². The van der Waals surface area contributed by atoms with Gasteiger partial charge in [-0.2, -0.15) is 4.98 Å². The number of hydrogen-bond donors (Lipinski definition) is 1. The Morgan fingerprint density at radius 1 is 1.15 bits per heavy atom. The van der Waals surface area contributed by atoms with Gasteiger partial charge in [0.2, 0.25) is 0 Å². The maximum atomic E-state index is 11.8. The third-order valence-corrected chi connectivity index (χ3v) is 2.80. The molecule has 0 aliphatic carbocycles. The van der Waals surface area contributed by atoms with Crippen molar-refractivity contribution in [2.75, 3.05) is 0 Å². The Labute approximate surface area is 114 Å². The van der Waals surface area contributed by atoms with E-state index in [9.17, 15) is 4.79 Å². The predicted octanol–water partition coefficient (Wildman–Crippen LogP) is 1.60. The maximum absolute atomic E-state index is 11.8. The van der Waals surface area contributed by atoms with Crippen LogP contribution in [0.25, 0.3) is 11.2 Å². The number of nitrogens with one attached hydrogen (secondary N) is 1. The molecule has 0 radical (unpaired) electrons. The van der Waals surface area contributed by atoms with Crippen LogP contribution in [0.3, 0.4) is 0 Å². The molecule has 2 heterocycles. The molecule has 0 unspecified atom stereocenters. The summed E-state index contributed by atoms with van der Waals surface area (Å²) < 4.78 is 5.57. The number of hydrogen-bond acceptors (Lipinski definition) is 5. The van der Waals surface area contributed by atoms with Crippen molar-refractivity contribution in [3.63, 3.8) is 0 Å². The topological polar surface area (TPSA) is 80.8 Å².